The van der Waals surface area contributed by atoms with Crippen LogP contribution in [0.2, 0.25) is 0 Å². The topological polar surface area (TPSA) is 88.7 Å². The van der Waals surface area contributed by atoms with Crippen LogP contribution in [-0.2, 0) is 16.2 Å². The van der Waals surface area contributed by atoms with Crippen molar-refractivity contribution in [2.24, 2.45) is 5.92 Å². The van der Waals surface area contributed by atoms with Gasteiger partial charge < -0.3 is 14.5 Å². The van der Waals surface area contributed by atoms with Gasteiger partial charge in [0.05, 0.1) is 23.7 Å². The SMILES string of the molecule is COc1cc(C2c3sc(=O)[nH]c3SC3C(=O)N(c4ccc(Br)cc4)C(=O)C32)ccc1OCc1ccccc1. The first-order chi connectivity index (χ1) is 18.4. The quantitative estimate of drug-likeness (QED) is 0.287. The zero-order valence-electron chi connectivity index (χ0n) is 20.1. The number of amides is 2. The summed E-state index contributed by atoms with van der Waals surface area (Å²) in [6, 6.07) is 22.5. The maximum Gasteiger partial charge on any atom is 0.305 e. The Kier molecular flexibility index (Phi) is 6.63. The number of methoxy groups -OCH3 is 1. The van der Waals surface area contributed by atoms with Gasteiger partial charge in [0.25, 0.3) is 0 Å². The molecule has 192 valence electrons. The molecule has 3 atom stereocenters. The Labute approximate surface area is 234 Å². The Hall–Kier alpha value is -3.34. The van der Waals surface area contributed by atoms with Gasteiger partial charge in [0, 0.05) is 15.3 Å². The van der Waals surface area contributed by atoms with Gasteiger partial charge in [0.2, 0.25) is 11.8 Å². The van der Waals surface area contributed by atoms with Crippen LogP contribution in [0.3, 0.4) is 0 Å². The molecule has 0 saturated carbocycles. The van der Waals surface area contributed by atoms with E-state index in [1.165, 1.54) is 16.7 Å². The minimum absolute atomic E-state index is 0.216. The van der Waals surface area contributed by atoms with E-state index in [1.807, 2.05) is 48.5 Å². The third-order valence-electron chi connectivity index (χ3n) is 6.69. The van der Waals surface area contributed by atoms with Crippen LogP contribution in [0, 0.1) is 5.92 Å². The first-order valence-electron chi connectivity index (χ1n) is 11.8. The highest BCUT2D eigenvalue weighted by atomic mass is 79.9. The van der Waals surface area contributed by atoms with Gasteiger partial charge in [0.1, 0.15) is 11.9 Å². The minimum Gasteiger partial charge on any atom is -0.493 e. The van der Waals surface area contributed by atoms with Gasteiger partial charge in [0.15, 0.2) is 11.5 Å². The predicted molar refractivity (Wildman–Crippen MR) is 150 cm³/mol. The molecule has 10 heteroatoms. The first kappa shape index (κ1) is 25.0. The number of imide groups is 1. The van der Waals surface area contributed by atoms with Gasteiger partial charge in [-0.05, 0) is 47.5 Å². The summed E-state index contributed by atoms with van der Waals surface area (Å²) < 4.78 is 12.5. The van der Waals surface area contributed by atoms with E-state index in [0.717, 1.165) is 31.8 Å². The number of carbonyl (C=O) groups is 2. The number of hydrogen-bond donors (Lipinski definition) is 1. The number of fused-ring (bicyclic) bond motifs is 2. The van der Waals surface area contributed by atoms with Crippen LogP contribution in [-0.4, -0.2) is 29.2 Å². The molecule has 1 fully saturated rings. The van der Waals surface area contributed by atoms with Gasteiger partial charge in [-0.3, -0.25) is 14.4 Å². The smallest absolute Gasteiger partial charge is 0.305 e. The van der Waals surface area contributed by atoms with E-state index in [-0.39, 0.29) is 16.7 Å². The second-order valence-corrected chi connectivity index (χ2v) is 12.0. The standard InChI is InChI=1S/C28H21BrN2O5S2/c1-35-20-13-16(7-12-19(20)36-14-15-5-3-2-4-6-15)21-22-24(37-25-23(21)38-28(34)30-25)27(33)31(26(22)32)18-10-8-17(29)9-11-18/h2-13,21-22,24H,14H2,1H3,(H,30,34). The van der Waals surface area contributed by atoms with Crippen molar-refractivity contribution in [3.63, 3.8) is 0 Å². The molecule has 2 aliphatic heterocycles. The second kappa shape index (κ2) is 10.1. The van der Waals surface area contributed by atoms with Crippen molar-refractivity contribution in [2.75, 3.05) is 12.0 Å². The lowest BCUT2D eigenvalue weighted by atomic mass is 9.83. The monoisotopic (exact) mass is 608 g/mol. The van der Waals surface area contributed by atoms with E-state index in [9.17, 15) is 14.4 Å². The lowest BCUT2D eigenvalue weighted by molar-refractivity contribution is -0.122. The number of H-pyrrole nitrogens is 1. The summed E-state index contributed by atoms with van der Waals surface area (Å²) in [6.45, 7) is 0.375. The van der Waals surface area contributed by atoms with Crippen molar-refractivity contribution >= 4 is 56.5 Å². The normalized spacial score (nSPS) is 20.3. The summed E-state index contributed by atoms with van der Waals surface area (Å²) in [7, 11) is 1.56. The molecule has 0 bridgehead atoms. The summed E-state index contributed by atoms with van der Waals surface area (Å²) in [5.74, 6) is -0.654. The molecule has 6 rings (SSSR count). The maximum atomic E-state index is 13.9. The lowest BCUT2D eigenvalue weighted by Crippen LogP contribution is -2.32. The number of carbonyl (C=O) groups excluding carboxylic acids is 2. The summed E-state index contributed by atoms with van der Waals surface area (Å²) in [5, 5.41) is -0.0256. The third kappa shape index (κ3) is 4.36. The predicted octanol–water partition coefficient (Wildman–Crippen LogP) is 5.58. The van der Waals surface area contributed by atoms with Gasteiger partial charge >= 0.3 is 4.87 Å². The van der Waals surface area contributed by atoms with E-state index in [0.29, 0.717) is 28.8 Å². The molecule has 0 spiro atoms. The van der Waals surface area contributed by atoms with Crippen LogP contribution in [0.25, 0.3) is 0 Å². The number of anilines is 1. The van der Waals surface area contributed by atoms with Crippen molar-refractivity contribution in [3.05, 3.63) is 103 Å². The molecular weight excluding hydrogens is 588 g/mol. The number of benzene rings is 3. The van der Waals surface area contributed by atoms with Crippen LogP contribution in [0.15, 0.2) is 87.1 Å². The first-order valence-corrected chi connectivity index (χ1v) is 14.3. The molecule has 38 heavy (non-hydrogen) atoms. The number of thioether (sulfide) groups is 1. The highest BCUT2D eigenvalue weighted by molar-refractivity contribution is 9.10. The highest BCUT2D eigenvalue weighted by Crippen LogP contribution is 2.53. The van der Waals surface area contributed by atoms with E-state index in [4.69, 9.17) is 9.47 Å². The van der Waals surface area contributed by atoms with Crippen molar-refractivity contribution in [1.82, 2.24) is 4.98 Å². The average Bonchev–Trinajstić information content (AvgIpc) is 3.42. The summed E-state index contributed by atoms with van der Waals surface area (Å²) in [4.78, 5) is 44.4. The fraction of sp³-hybridized carbons (Fsp3) is 0.179. The zero-order chi connectivity index (χ0) is 26.4. The number of hydrogen-bond acceptors (Lipinski definition) is 7. The van der Waals surface area contributed by atoms with E-state index in [1.54, 1.807) is 31.4 Å². The zero-order valence-corrected chi connectivity index (χ0v) is 23.3. The van der Waals surface area contributed by atoms with Crippen LogP contribution in [0.1, 0.15) is 21.9 Å². The van der Waals surface area contributed by atoms with Crippen molar-refractivity contribution in [1.29, 1.82) is 0 Å². The van der Waals surface area contributed by atoms with Crippen molar-refractivity contribution < 1.29 is 19.1 Å². The van der Waals surface area contributed by atoms with E-state index >= 15 is 0 Å². The molecule has 2 amide bonds. The summed E-state index contributed by atoms with van der Waals surface area (Å²) in [6.07, 6.45) is 0. The molecule has 0 aliphatic carbocycles. The van der Waals surface area contributed by atoms with Crippen LogP contribution in [0.4, 0.5) is 5.69 Å². The van der Waals surface area contributed by atoms with Gasteiger partial charge in [-0.1, -0.05) is 75.4 Å². The number of nitrogens with one attached hydrogen (secondary N) is 1. The number of rotatable bonds is 6. The van der Waals surface area contributed by atoms with Crippen molar-refractivity contribution in [2.45, 2.75) is 22.8 Å². The molecule has 7 nitrogen and oxygen atoms in total. The van der Waals surface area contributed by atoms with Crippen molar-refractivity contribution in [3.8, 4) is 11.5 Å². The Morgan fingerprint density at radius 1 is 0.947 bits per heavy atom. The lowest BCUT2D eigenvalue weighted by Gasteiger charge is -2.30. The Bertz CT molecular complexity index is 1590. The van der Waals surface area contributed by atoms with Gasteiger partial charge in [-0.15, -0.1) is 0 Å². The Morgan fingerprint density at radius 3 is 2.45 bits per heavy atom. The Morgan fingerprint density at radius 2 is 1.71 bits per heavy atom. The average molecular weight is 610 g/mol. The molecular formula is C28H21BrN2O5S2. The molecule has 3 heterocycles. The van der Waals surface area contributed by atoms with Crippen LogP contribution >= 0.6 is 39.0 Å². The number of ether oxygens (including phenoxy) is 2. The molecule has 4 aromatic rings. The molecule has 3 unspecified atom stereocenters. The molecule has 1 N–H and O–H groups in total. The van der Waals surface area contributed by atoms with Gasteiger partial charge in [-0.2, -0.15) is 0 Å². The fourth-order valence-electron chi connectivity index (χ4n) is 4.95. The number of halogens is 1. The Balaban J connectivity index is 1.38. The van der Waals surface area contributed by atoms with E-state index < -0.39 is 17.1 Å². The number of nitrogens with zero attached hydrogens (tertiary/aromatic N) is 1. The third-order valence-corrected chi connectivity index (χ3v) is 9.62. The number of aromatic amines is 1. The van der Waals surface area contributed by atoms with E-state index in [2.05, 4.69) is 20.9 Å². The van der Waals surface area contributed by atoms with Crippen LogP contribution in [0.5, 0.6) is 11.5 Å². The fourth-order valence-corrected chi connectivity index (χ4v) is 7.73. The van der Waals surface area contributed by atoms with Gasteiger partial charge in [-0.25, -0.2) is 4.90 Å². The summed E-state index contributed by atoms with van der Waals surface area (Å²) in [5.41, 5.74) is 2.33. The summed E-state index contributed by atoms with van der Waals surface area (Å²) >= 11 is 5.74. The second-order valence-electron chi connectivity index (χ2n) is 8.92. The number of thiazole rings is 1. The molecule has 0 radical (unpaired) electrons. The number of aromatic nitrogens is 1. The molecule has 2 aliphatic rings. The highest BCUT2D eigenvalue weighted by Gasteiger charge is 2.56. The largest absolute Gasteiger partial charge is 0.493 e. The molecule has 3 aromatic carbocycles. The molecule has 1 aromatic heterocycles. The maximum absolute atomic E-state index is 13.9. The van der Waals surface area contributed by atoms with Crippen LogP contribution < -0.4 is 19.2 Å². The minimum atomic E-state index is -0.670. The molecule has 1 saturated heterocycles.